The van der Waals surface area contributed by atoms with E-state index in [-0.39, 0.29) is 29.1 Å². The molecule has 2 aliphatic rings. The summed E-state index contributed by atoms with van der Waals surface area (Å²) in [6, 6.07) is 11.8. The lowest BCUT2D eigenvalue weighted by atomic mass is 9.65. The number of nitrogens with zero attached hydrogens (tertiary/aromatic N) is 2. The molecule has 0 spiro atoms. The highest BCUT2D eigenvalue weighted by atomic mass is 19.1. The van der Waals surface area contributed by atoms with Gasteiger partial charge < -0.3 is 10.7 Å². The molecule has 2 aliphatic carbocycles. The van der Waals surface area contributed by atoms with Crippen molar-refractivity contribution in [2.45, 2.75) is 45.6 Å². The summed E-state index contributed by atoms with van der Waals surface area (Å²) >= 11 is 0. The summed E-state index contributed by atoms with van der Waals surface area (Å²) in [6.45, 7) is 3.83. The fourth-order valence-electron chi connectivity index (χ4n) is 5.25. The van der Waals surface area contributed by atoms with Gasteiger partial charge in [0, 0.05) is 31.0 Å². The Morgan fingerprint density at radius 3 is 2.78 bits per heavy atom. The Kier molecular flexibility index (Phi) is 6.31. The molecule has 5 nitrogen and oxygen atoms in total. The third kappa shape index (κ3) is 4.54. The maximum absolute atomic E-state index is 13.3. The molecule has 32 heavy (non-hydrogen) atoms. The van der Waals surface area contributed by atoms with Gasteiger partial charge in [0.1, 0.15) is 5.82 Å². The number of hydrogen-bond donors (Lipinski definition) is 2. The van der Waals surface area contributed by atoms with E-state index in [4.69, 9.17) is 10.4 Å². The number of halogens is 1. The number of aliphatic imine (C=N–C) groups is 1. The van der Waals surface area contributed by atoms with Crippen LogP contribution in [-0.2, 0) is 4.79 Å². The van der Waals surface area contributed by atoms with Crippen molar-refractivity contribution in [3.8, 4) is 0 Å². The van der Waals surface area contributed by atoms with E-state index < -0.39 is 0 Å². The van der Waals surface area contributed by atoms with Crippen molar-refractivity contribution < 1.29 is 9.18 Å². The molecular formula is C26H29FN4O. The maximum Gasteiger partial charge on any atom is 0.217 e. The zero-order valence-electron chi connectivity index (χ0n) is 18.5. The molecule has 0 saturated heterocycles. The van der Waals surface area contributed by atoms with Gasteiger partial charge in [-0.05, 0) is 79.5 Å². The van der Waals surface area contributed by atoms with Crippen molar-refractivity contribution in [3.05, 3.63) is 71.8 Å². The number of rotatable bonds is 6. The summed E-state index contributed by atoms with van der Waals surface area (Å²) in [5.41, 5.74) is 3.73. The number of hydrogen-bond acceptors (Lipinski definition) is 4. The number of benzene rings is 1. The van der Waals surface area contributed by atoms with Crippen LogP contribution in [0, 0.1) is 28.5 Å². The highest BCUT2D eigenvalue weighted by Crippen LogP contribution is 2.55. The minimum atomic E-state index is -0.285. The first kappa shape index (κ1) is 22.1. The van der Waals surface area contributed by atoms with Crippen molar-refractivity contribution in [2.24, 2.45) is 22.2 Å². The van der Waals surface area contributed by atoms with E-state index in [2.05, 4.69) is 23.3 Å². The van der Waals surface area contributed by atoms with Crippen LogP contribution >= 0.6 is 0 Å². The first-order valence-electron chi connectivity index (χ1n) is 11.1. The minimum absolute atomic E-state index is 0.0600. The highest BCUT2D eigenvalue weighted by molar-refractivity contribution is 6.07. The van der Waals surface area contributed by atoms with Crippen LogP contribution in [0.2, 0.25) is 0 Å². The first-order chi connectivity index (χ1) is 15.4. The van der Waals surface area contributed by atoms with E-state index in [9.17, 15) is 9.18 Å². The number of nitrogens with one attached hydrogen (secondary N) is 2. The van der Waals surface area contributed by atoms with Crippen molar-refractivity contribution in [3.63, 3.8) is 0 Å². The predicted molar refractivity (Wildman–Crippen MR) is 125 cm³/mol. The van der Waals surface area contributed by atoms with Crippen molar-refractivity contribution >= 4 is 23.5 Å². The molecule has 4 rings (SSSR count). The summed E-state index contributed by atoms with van der Waals surface area (Å²) in [4.78, 5) is 21.1. The summed E-state index contributed by atoms with van der Waals surface area (Å²) in [5, 5.41) is 11.1. The van der Waals surface area contributed by atoms with E-state index in [1.54, 1.807) is 25.3 Å². The van der Waals surface area contributed by atoms with Crippen LogP contribution < -0.4 is 5.32 Å². The summed E-state index contributed by atoms with van der Waals surface area (Å²) in [7, 11) is 0. The standard InChI is InChI=1S/C26H29FN4O/c1-17(32)30-25(23-5-3-4-12-29-23)14-20-7-6-19-13-24(18(16-28)15-26(19,20)2)31-22-10-8-21(27)9-11-22/h3-5,8-13,16,18,20,25,28H,6-7,14-15H2,1-2H3,(H,30,32). The molecule has 2 N–H and O–H groups in total. The second-order valence-corrected chi connectivity index (χ2v) is 9.06. The maximum atomic E-state index is 13.3. The molecule has 4 atom stereocenters. The second kappa shape index (κ2) is 9.15. The van der Waals surface area contributed by atoms with Crippen LogP contribution in [0.25, 0.3) is 0 Å². The van der Waals surface area contributed by atoms with Gasteiger partial charge in [0.25, 0.3) is 0 Å². The van der Waals surface area contributed by atoms with Crippen LogP contribution in [0.4, 0.5) is 10.1 Å². The van der Waals surface area contributed by atoms with Crippen LogP contribution in [0.5, 0.6) is 0 Å². The van der Waals surface area contributed by atoms with Gasteiger partial charge in [-0.15, -0.1) is 0 Å². The van der Waals surface area contributed by atoms with E-state index in [0.717, 1.165) is 37.1 Å². The molecule has 6 heteroatoms. The van der Waals surface area contributed by atoms with Crippen LogP contribution in [0.15, 0.2) is 65.3 Å². The zero-order chi connectivity index (χ0) is 22.7. The van der Waals surface area contributed by atoms with Crippen LogP contribution in [0.1, 0.15) is 51.3 Å². The molecule has 1 amide bonds. The quantitative estimate of drug-likeness (QED) is 0.585. The van der Waals surface area contributed by atoms with Crippen molar-refractivity contribution in [1.82, 2.24) is 10.3 Å². The van der Waals surface area contributed by atoms with Crippen molar-refractivity contribution in [2.75, 3.05) is 0 Å². The van der Waals surface area contributed by atoms with Gasteiger partial charge in [-0.3, -0.25) is 14.8 Å². The molecule has 0 radical (unpaired) electrons. The summed E-state index contributed by atoms with van der Waals surface area (Å²) < 4.78 is 13.3. The fraction of sp³-hybridized carbons (Fsp3) is 0.385. The van der Waals surface area contributed by atoms with Crippen LogP contribution in [-0.4, -0.2) is 22.8 Å². The highest BCUT2D eigenvalue weighted by Gasteiger charge is 2.47. The number of fused-ring (bicyclic) bond motifs is 1. The number of carbonyl (C=O) groups is 1. The Morgan fingerprint density at radius 2 is 2.12 bits per heavy atom. The van der Waals surface area contributed by atoms with Crippen LogP contribution in [0.3, 0.4) is 0 Å². The van der Waals surface area contributed by atoms with Gasteiger partial charge in [-0.1, -0.05) is 18.6 Å². The average Bonchev–Trinajstić information content (AvgIpc) is 3.09. The van der Waals surface area contributed by atoms with Gasteiger partial charge in [-0.2, -0.15) is 0 Å². The SMILES string of the molecule is CC(=O)NC(CC1CCC2=CC(=Nc3ccc(F)cc3)C(C=N)CC21C)c1ccccn1. The molecular weight excluding hydrogens is 403 g/mol. The summed E-state index contributed by atoms with van der Waals surface area (Å²) in [6.07, 6.45) is 9.00. The normalized spacial score (nSPS) is 26.8. The number of pyridine rings is 1. The third-order valence-electron chi connectivity index (χ3n) is 6.97. The number of amides is 1. The smallest absolute Gasteiger partial charge is 0.217 e. The number of allylic oxidation sites excluding steroid dienone is 2. The Hall–Kier alpha value is -3.15. The molecule has 1 heterocycles. The molecule has 1 aromatic carbocycles. The monoisotopic (exact) mass is 432 g/mol. The Bertz CT molecular complexity index is 1050. The number of aromatic nitrogens is 1. The fourth-order valence-corrected chi connectivity index (χ4v) is 5.25. The average molecular weight is 433 g/mol. The third-order valence-corrected chi connectivity index (χ3v) is 6.97. The molecule has 2 aromatic rings. The topological polar surface area (TPSA) is 78.2 Å². The van der Waals surface area contributed by atoms with Gasteiger partial charge in [0.2, 0.25) is 5.91 Å². The lowest BCUT2D eigenvalue weighted by Crippen LogP contribution is -2.37. The molecule has 166 valence electrons. The van der Waals surface area contributed by atoms with E-state index in [0.29, 0.717) is 11.6 Å². The Balaban J connectivity index is 1.61. The Morgan fingerprint density at radius 1 is 1.34 bits per heavy atom. The largest absolute Gasteiger partial charge is 0.348 e. The summed E-state index contributed by atoms with van der Waals surface area (Å²) in [5.74, 6) is -0.0763. The molecule has 1 aromatic heterocycles. The van der Waals surface area contributed by atoms with Crippen molar-refractivity contribution in [1.29, 1.82) is 5.41 Å². The van der Waals surface area contributed by atoms with E-state index in [1.165, 1.54) is 23.9 Å². The molecule has 0 aliphatic heterocycles. The zero-order valence-corrected chi connectivity index (χ0v) is 18.5. The Labute approximate surface area is 188 Å². The van der Waals surface area contributed by atoms with Gasteiger partial charge in [-0.25, -0.2) is 4.39 Å². The predicted octanol–water partition coefficient (Wildman–Crippen LogP) is 5.57. The van der Waals surface area contributed by atoms with Gasteiger partial charge in [0.05, 0.1) is 17.4 Å². The first-order valence-corrected chi connectivity index (χ1v) is 11.1. The van der Waals surface area contributed by atoms with Gasteiger partial charge >= 0.3 is 0 Å². The number of carbonyl (C=O) groups excluding carboxylic acids is 1. The lowest BCUT2D eigenvalue weighted by Gasteiger charge is -2.40. The van der Waals surface area contributed by atoms with E-state index in [1.807, 2.05) is 18.2 Å². The lowest BCUT2D eigenvalue weighted by molar-refractivity contribution is -0.119. The molecule has 4 unspecified atom stereocenters. The minimum Gasteiger partial charge on any atom is -0.348 e. The van der Waals surface area contributed by atoms with Gasteiger partial charge in [0.15, 0.2) is 0 Å². The molecule has 1 fully saturated rings. The molecule has 1 saturated carbocycles. The second-order valence-electron chi connectivity index (χ2n) is 9.06. The van der Waals surface area contributed by atoms with E-state index >= 15 is 0 Å². The molecule has 0 bridgehead atoms.